The molecule has 0 saturated heterocycles. The average Bonchev–Trinajstić information content (AvgIpc) is 2.83. The molecule has 0 spiro atoms. The standard InChI is InChI=1S/C15H27N3/c1-4-13-5-7-14(8-6-13)9-16-12(2)15-10-17-18(3)11-15/h10-14,16H,4-9H2,1-3H3. The minimum Gasteiger partial charge on any atom is -0.310 e. The highest BCUT2D eigenvalue weighted by atomic mass is 15.2. The molecule has 1 fully saturated rings. The van der Waals surface area contributed by atoms with Crippen LogP contribution in [0.3, 0.4) is 0 Å². The third-order valence-electron chi connectivity index (χ3n) is 4.48. The van der Waals surface area contributed by atoms with Crippen molar-refractivity contribution in [3.05, 3.63) is 18.0 Å². The SMILES string of the molecule is CCC1CCC(CNC(C)c2cnn(C)c2)CC1. The summed E-state index contributed by atoms with van der Waals surface area (Å²) in [6.45, 7) is 5.72. The van der Waals surface area contributed by atoms with E-state index in [0.29, 0.717) is 6.04 Å². The molecule has 1 aliphatic carbocycles. The molecule has 0 amide bonds. The molecule has 1 aliphatic rings. The summed E-state index contributed by atoms with van der Waals surface area (Å²) in [6, 6.07) is 0.419. The van der Waals surface area contributed by atoms with Gasteiger partial charge in [-0.25, -0.2) is 0 Å². The van der Waals surface area contributed by atoms with E-state index in [2.05, 4.69) is 30.5 Å². The lowest BCUT2D eigenvalue weighted by molar-refractivity contribution is 0.258. The maximum absolute atomic E-state index is 4.23. The molecule has 0 aliphatic heterocycles. The van der Waals surface area contributed by atoms with Gasteiger partial charge in [0.05, 0.1) is 6.20 Å². The first kappa shape index (κ1) is 13.6. The van der Waals surface area contributed by atoms with Crippen LogP contribution in [0.15, 0.2) is 12.4 Å². The Balaban J connectivity index is 1.72. The van der Waals surface area contributed by atoms with Crippen molar-refractivity contribution in [1.82, 2.24) is 15.1 Å². The number of nitrogens with zero attached hydrogens (tertiary/aromatic N) is 2. The first-order valence-corrected chi connectivity index (χ1v) is 7.41. The number of aromatic nitrogens is 2. The van der Waals surface area contributed by atoms with E-state index < -0.39 is 0 Å². The van der Waals surface area contributed by atoms with Crippen molar-refractivity contribution in [2.24, 2.45) is 18.9 Å². The van der Waals surface area contributed by atoms with Crippen LogP contribution in [0.25, 0.3) is 0 Å². The van der Waals surface area contributed by atoms with Gasteiger partial charge in [-0.2, -0.15) is 5.10 Å². The van der Waals surface area contributed by atoms with E-state index in [1.807, 2.05) is 17.9 Å². The number of nitrogens with one attached hydrogen (secondary N) is 1. The van der Waals surface area contributed by atoms with E-state index in [-0.39, 0.29) is 0 Å². The van der Waals surface area contributed by atoms with E-state index in [9.17, 15) is 0 Å². The molecule has 1 N–H and O–H groups in total. The number of hydrogen-bond acceptors (Lipinski definition) is 2. The fourth-order valence-electron chi connectivity index (χ4n) is 2.97. The highest BCUT2D eigenvalue weighted by Crippen LogP contribution is 2.30. The van der Waals surface area contributed by atoms with Gasteiger partial charge in [0.25, 0.3) is 0 Å². The van der Waals surface area contributed by atoms with Crippen LogP contribution in [0.4, 0.5) is 0 Å². The summed E-state index contributed by atoms with van der Waals surface area (Å²) in [6.07, 6.45) is 11.1. The number of aryl methyl sites for hydroxylation is 1. The first-order chi connectivity index (χ1) is 8.69. The van der Waals surface area contributed by atoms with Gasteiger partial charge in [0, 0.05) is 24.8 Å². The highest BCUT2D eigenvalue weighted by Gasteiger charge is 2.20. The zero-order valence-corrected chi connectivity index (χ0v) is 12.0. The summed E-state index contributed by atoms with van der Waals surface area (Å²) in [5, 5.41) is 7.89. The molecule has 0 bridgehead atoms. The number of rotatable bonds is 5. The van der Waals surface area contributed by atoms with Gasteiger partial charge in [-0.1, -0.05) is 26.2 Å². The Morgan fingerprint density at radius 3 is 2.56 bits per heavy atom. The predicted octanol–water partition coefficient (Wildman–Crippen LogP) is 3.29. The molecule has 1 heterocycles. The van der Waals surface area contributed by atoms with Crippen LogP contribution < -0.4 is 5.32 Å². The molecular formula is C15H27N3. The smallest absolute Gasteiger partial charge is 0.0537 e. The van der Waals surface area contributed by atoms with Gasteiger partial charge in [-0.3, -0.25) is 4.68 Å². The summed E-state index contributed by atoms with van der Waals surface area (Å²) in [5.41, 5.74) is 1.29. The third kappa shape index (κ3) is 3.58. The van der Waals surface area contributed by atoms with Crippen molar-refractivity contribution in [2.75, 3.05) is 6.54 Å². The Morgan fingerprint density at radius 1 is 1.33 bits per heavy atom. The summed E-state index contributed by atoms with van der Waals surface area (Å²) >= 11 is 0. The molecule has 1 saturated carbocycles. The summed E-state index contributed by atoms with van der Waals surface area (Å²) < 4.78 is 1.87. The molecule has 1 unspecified atom stereocenters. The Morgan fingerprint density at radius 2 is 2.00 bits per heavy atom. The summed E-state index contributed by atoms with van der Waals surface area (Å²) in [5.74, 6) is 1.88. The molecular weight excluding hydrogens is 222 g/mol. The van der Waals surface area contributed by atoms with Gasteiger partial charge >= 0.3 is 0 Å². The monoisotopic (exact) mass is 249 g/mol. The Labute approximate surface area is 111 Å². The molecule has 0 radical (unpaired) electrons. The van der Waals surface area contributed by atoms with Crippen LogP contribution in [0.2, 0.25) is 0 Å². The van der Waals surface area contributed by atoms with E-state index in [4.69, 9.17) is 0 Å². The number of hydrogen-bond donors (Lipinski definition) is 1. The Hall–Kier alpha value is -0.830. The van der Waals surface area contributed by atoms with Gasteiger partial charge in [0.2, 0.25) is 0 Å². The predicted molar refractivity (Wildman–Crippen MR) is 75.4 cm³/mol. The van der Waals surface area contributed by atoms with Gasteiger partial charge in [0.1, 0.15) is 0 Å². The molecule has 1 atom stereocenters. The lowest BCUT2D eigenvalue weighted by atomic mass is 9.81. The quantitative estimate of drug-likeness (QED) is 0.868. The average molecular weight is 249 g/mol. The lowest BCUT2D eigenvalue weighted by Gasteiger charge is -2.28. The van der Waals surface area contributed by atoms with Crippen LogP contribution in [-0.2, 0) is 7.05 Å². The highest BCUT2D eigenvalue weighted by molar-refractivity contribution is 5.08. The Kier molecular flexibility index (Phi) is 4.81. The van der Waals surface area contributed by atoms with Crippen LogP contribution in [0, 0.1) is 11.8 Å². The molecule has 3 heteroatoms. The van der Waals surface area contributed by atoms with Crippen molar-refractivity contribution < 1.29 is 0 Å². The molecule has 3 nitrogen and oxygen atoms in total. The Bertz CT molecular complexity index is 350. The first-order valence-electron chi connectivity index (χ1n) is 7.41. The van der Waals surface area contributed by atoms with Gasteiger partial charge in [-0.15, -0.1) is 0 Å². The summed E-state index contributed by atoms with van der Waals surface area (Å²) in [7, 11) is 1.97. The molecule has 1 aromatic heterocycles. The van der Waals surface area contributed by atoms with E-state index >= 15 is 0 Å². The lowest BCUT2D eigenvalue weighted by Crippen LogP contribution is -2.28. The van der Waals surface area contributed by atoms with Gasteiger partial charge in [0.15, 0.2) is 0 Å². The molecule has 102 valence electrons. The van der Waals surface area contributed by atoms with Crippen molar-refractivity contribution in [3.8, 4) is 0 Å². The minimum absolute atomic E-state index is 0.419. The van der Waals surface area contributed by atoms with E-state index in [1.165, 1.54) is 37.7 Å². The van der Waals surface area contributed by atoms with Gasteiger partial charge < -0.3 is 5.32 Å². The van der Waals surface area contributed by atoms with Crippen LogP contribution in [-0.4, -0.2) is 16.3 Å². The summed E-state index contributed by atoms with van der Waals surface area (Å²) in [4.78, 5) is 0. The maximum atomic E-state index is 4.23. The molecule has 18 heavy (non-hydrogen) atoms. The van der Waals surface area contributed by atoms with Crippen molar-refractivity contribution >= 4 is 0 Å². The van der Waals surface area contributed by atoms with Crippen molar-refractivity contribution in [2.45, 2.75) is 52.0 Å². The zero-order valence-electron chi connectivity index (χ0n) is 12.0. The topological polar surface area (TPSA) is 29.9 Å². The van der Waals surface area contributed by atoms with Gasteiger partial charge in [-0.05, 0) is 38.1 Å². The van der Waals surface area contributed by atoms with Crippen LogP contribution >= 0.6 is 0 Å². The minimum atomic E-state index is 0.419. The fourth-order valence-corrected chi connectivity index (χ4v) is 2.97. The molecule has 1 aromatic rings. The van der Waals surface area contributed by atoms with Crippen molar-refractivity contribution in [1.29, 1.82) is 0 Å². The fraction of sp³-hybridized carbons (Fsp3) is 0.800. The van der Waals surface area contributed by atoms with Crippen LogP contribution in [0.5, 0.6) is 0 Å². The maximum Gasteiger partial charge on any atom is 0.0537 e. The zero-order chi connectivity index (χ0) is 13.0. The van der Waals surface area contributed by atoms with Crippen LogP contribution in [0.1, 0.15) is 57.6 Å². The van der Waals surface area contributed by atoms with E-state index in [0.717, 1.165) is 18.4 Å². The second-order valence-electron chi connectivity index (χ2n) is 5.87. The molecule has 0 aromatic carbocycles. The van der Waals surface area contributed by atoms with E-state index in [1.54, 1.807) is 0 Å². The van der Waals surface area contributed by atoms with Crippen molar-refractivity contribution in [3.63, 3.8) is 0 Å². The second kappa shape index (κ2) is 6.37. The third-order valence-corrected chi connectivity index (χ3v) is 4.48. The largest absolute Gasteiger partial charge is 0.310 e. The second-order valence-corrected chi connectivity index (χ2v) is 5.87. The molecule has 2 rings (SSSR count). The normalized spacial score (nSPS) is 26.2.